The van der Waals surface area contributed by atoms with Gasteiger partial charge in [0.2, 0.25) is 0 Å². The molecule has 0 bridgehead atoms. The highest BCUT2D eigenvalue weighted by Gasteiger charge is 2.10. The predicted molar refractivity (Wildman–Crippen MR) is 118 cm³/mol. The van der Waals surface area contributed by atoms with Crippen LogP contribution in [0.1, 0.15) is 31.8 Å². The first kappa shape index (κ1) is 22.1. The number of anilines is 2. The van der Waals surface area contributed by atoms with E-state index in [0.29, 0.717) is 35.6 Å². The van der Waals surface area contributed by atoms with E-state index >= 15 is 0 Å². The highest BCUT2D eigenvalue weighted by atomic mass is 35.5. The second-order valence-corrected chi connectivity index (χ2v) is 6.29. The maximum atomic E-state index is 12.4. The Labute approximate surface area is 175 Å². The molecule has 29 heavy (non-hydrogen) atoms. The van der Waals surface area contributed by atoms with E-state index in [1.807, 2.05) is 24.3 Å². The van der Waals surface area contributed by atoms with Gasteiger partial charge in [-0.05, 0) is 59.7 Å². The van der Waals surface area contributed by atoms with Crippen molar-refractivity contribution in [1.82, 2.24) is 0 Å². The van der Waals surface area contributed by atoms with Crippen LogP contribution in [-0.2, 0) is 13.1 Å². The molecule has 0 aliphatic heterocycles. The first-order valence-corrected chi connectivity index (χ1v) is 8.90. The second-order valence-electron chi connectivity index (χ2n) is 6.29. The molecule has 0 aromatic heterocycles. The van der Waals surface area contributed by atoms with E-state index in [4.69, 9.17) is 11.5 Å². The minimum Gasteiger partial charge on any atom is -0.326 e. The third-order valence-electron chi connectivity index (χ3n) is 4.30. The average Bonchev–Trinajstić information content (AvgIpc) is 2.75. The number of halogens is 1. The summed E-state index contributed by atoms with van der Waals surface area (Å²) >= 11 is 0. The van der Waals surface area contributed by atoms with Crippen molar-refractivity contribution in [3.8, 4) is 0 Å². The predicted octanol–water partition coefficient (Wildman–Crippen LogP) is 3.53. The SMILES string of the molecule is Cl.NCc1ccc(NC(=O)c2ccc(C(=O)Nc3ccc(CN)cc3)cc2)cc1. The fourth-order valence-electron chi connectivity index (χ4n) is 2.63. The molecule has 0 saturated heterocycles. The zero-order valence-corrected chi connectivity index (χ0v) is 16.5. The topological polar surface area (TPSA) is 110 Å². The summed E-state index contributed by atoms with van der Waals surface area (Å²) in [7, 11) is 0. The van der Waals surface area contributed by atoms with E-state index in [1.165, 1.54) is 0 Å². The van der Waals surface area contributed by atoms with E-state index < -0.39 is 0 Å². The maximum absolute atomic E-state index is 12.4. The monoisotopic (exact) mass is 410 g/mol. The molecular weight excluding hydrogens is 388 g/mol. The molecule has 2 amide bonds. The number of hydrogen-bond donors (Lipinski definition) is 4. The fourth-order valence-corrected chi connectivity index (χ4v) is 2.63. The summed E-state index contributed by atoms with van der Waals surface area (Å²) in [6, 6.07) is 21.2. The van der Waals surface area contributed by atoms with E-state index in [1.54, 1.807) is 48.5 Å². The Hall–Kier alpha value is -3.19. The lowest BCUT2D eigenvalue weighted by Crippen LogP contribution is -2.14. The van der Waals surface area contributed by atoms with Gasteiger partial charge in [-0.3, -0.25) is 9.59 Å². The largest absolute Gasteiger partial charge is 0.326 e. The van der Waals surface area contributed by atoms with Crippen LogP contribution in [0.2, 0.25) is 0 Å². The first-order valence-electron chi connectivity index (χ1n) is 8.90. The molecule has 0 saturated carbocycles. The smallest absolute Gasteiger partial charge is 0.255 e. The van der Waals surface area contributed by atoms with Crippen LogP contribution in [0.4, 0.5) is 11.4 Å². The van der Waals surface area contributed by atoms with Gasteiger partial charge in [0.25, 0.3) is 11.8 Å². The molecule has 3 aromatic carbocycles. The van der Waals surface area contributed by atoms with Crippen LogP contribution in [0.5, 0.6) is 0 Å². The Kier molecular flexibility index (Phi) is 7.91. The van der Waals surface area contributed by atoms with Crippen LogP contribution in [0.3, 0.4) is 0 Å². The van der Waals surface area contributed by atoms with Crippen LogP contribution in [-0.4, -0.2) is 11.8 Å². The van der Waals surface area contributed by atoms with Gasteiger partial charge in [-0.25, -0.2) is 0 Å². The molecule has 6 N–H and O–H groups in total. The van der Waals surface area contributed by atoms with Gasteiger partial charge in [-0.2, -0.15) is 0 Å². The molecule has 0 atom stereocenters. The lowest BCUT2D eigenvalue weighted by molar-refractivity contribution is 0.101. The second kappa shape index (κ2) is 10.4. The molecule has 0 spiro atoms. The van der Waals surface area contributed by atoms with Gasteiger partial charge in [0.15, 0.2) is 0 Å². The number of hydrogen-bond acceptors (Lipinski definition) is 4. The standard InChI is InChI=1S/C22H22N4O2.ClH/c23-13-15-1-9-19(10-2-15)25-21(27)17-5-7-18(8-6-17)22(28)26-20-11-3-16(14-24)4-12-20;/h1-12H,13-14,23-24H2,(H,25,27)(H,26,28);1H. The molecule has 0 aliphatic rings. The summed E-state index contributed by atoms with van der Waals surface area (Å²) in [6.07, 6.45) is 0. The molecule has 3 aromatic rings. The van der Waals surface area contributed by atoms with Gasteiger partial charge in [0, 0.05) is 35.6 Å². The van der Waals surface area contributed by atoms with E-state index in [0.717, 1.165) is 11.1 Å². The van der Waals surface area contributed by atoms with Gasteiger partial charge in [-0.1, -0.05) is 24.3 Å². The summed E-state index contributed by atoms with van der Waals surface area (Å²) in [6.45, 7) is 0.907. The number of carbonyl (C=O) groups is 2. The lowest BCUT2D eigenvalue weighted by atomic mass is 10.1. The van der Waals surface area contributed by atoms with Crippen LogP contribution < -0.4 is 22.1 Å². The van der Waals surface area contributed by atoms with E-state index in [9.17, 15) is 9.59 Å². The molecule has 0 radical (unpaired) electrons. The fraction of sp³-hybridized carbons (Fsp3) is 0.0909. The number of benzene rings is 3. The minimum absolute atomic E-state index is 0. The van der Waals surface area contributed by atoms with E-state index in [-0.39, 0.29) is 24.2 Å². The van der Waals surface area contributed by atoms with Gasteiger partial charge in [-0.15, -0.1) is 12.4 Å². The minimum atomic E-state index is -0.246. The molecule has 7 heteroatoms. The Balaban J connectivity index is 0.00000300. The van der Waals surface area contributed by atoms with Crippen molar-refractivity contribution in [3.05, 3.63) is 95.1 Å². The van der Waals surface area contributed by atoms with Gasteiger partial charge in [0.05, 0.1) is 0 Å². The van der Waals surface area contributed by atoms with E-state index in [2.05, 4.69) is 10.6 Å². The van der Waals surface area contributed by atoms with Gasteiger partial charge in [0.1, 0.15) is 0 Å². The molecule has 0 fully saturated rings. The molecular formula is C22H23ClN4O2. The van der Waals surface area contributed by atoms with Crippen molar-refractivity contribution < 1.29 is 9.59 Å². The number of rotatable bonds is 6. The zero-order valence-electron chi connectivity index (χ0n) is 15.7. The van der Waals surface area contributed by atoms with Crippen LogP contribution in [0, 0.1) is 0 Å². The van der Waals surface area contributed by atoms with Crippen molar-refractivity contribution in [2.45, 2.75) is 13.1 Å². The quantitative estimate of drug-likeness (QED) is 0.498. The van der Waals surface area contributed by atoms with Crippen LogP contribution >= 0.6 is 12.4 Å². The molecule has 150 valence electrons. The summed E-state index contributed by atoms with van der Waals surface area (Å²) < 4.78 is 0. The maximum Gasteiger partial charge on any atom is 0.255 e. The number of nitrogens with two attached hydrogens (primary N) is 2. The first-order chi connectivity index (χ1) is 13.6. The molecule has 0 aliphatic carbocycles. The number of carbonyl (C=O) groups excluding carboxylic acids is 2. The van der Waals surface area contributed by atoms with Crippen molar-refractivity contribution >= 4 is 35.6 Å². The third kappa shape index (κ3) is 5.89. The highest BCUT2D eigenvalue weighted by molar-refractivity contribution is 6.07. The summed E-state index contributed by atoms with van der Waals surface area (Å²) in [5, 5.41) is 5.64. The summed E-state index contributed by atoms with van der Waals surface area (Å²) in [5.41, 5.74) is 15.4. The molecule has 0 heterocycles. The van der Waals surface area contributed by atoms with Gasteiger partial charge >= 0.3 is 0 Å². The van der Waals surface area contributed by atoms with Crippen molar-refractivity contribution in [2.24, 2.45) is 11.5 Å². The summed E-state index contributed by atoms with van der Waals surface area (Å²) in [4.78, 5) is 24.7. The molecule has 6 nitrogen and oxygen atoms in total. The summed E-state index contributed by atoms with van der Waals surface area (Å²) in [5.74, 6) is -0.491. The lowest BCUT2D eigenvalue weighted by Gasteiger charge is -2.08. The van der Waals surface area contributed by atoms with Crippen molar-refractivity contribution in [2.75, 3.05) is 10.6 Å². The average molecular weight is 411 g/mol. The van der Waals surface area contributed by atoms with Crippen LogP contribution in [0.15, 0.2) is 72.8 Å². The molecule has 0 unspecified atom stereocenters. The number of amides is 2. The van der Waals surface area contributed by atoms with Crippen LogP contribution in [0.25, 0.3) is 0 Å². The Morgan fingerprint density at radius 2 is 0.897 bits per heavy atom. The van der Waals surface area contributed by atoms with Gasteiger partial charge < -0.3 is 22.1 Å². The Bertz CT molecular complexity index is 875. The highest BCUT2D eigenvalue weighted by Crippen LogP contribution is 2.14. The Morgan fingerprint density at radius 1 is 0.586 bits per heavy atom. The Morgan fingerprint density at radius 3 is 1.17 bits per heavy atom. The zero-order chi connectivity index (χ0) is 19.9. The normalized spacial score (nSPS) is 10.0. The molecule has 3 rings (SSSR count). The number of nitrogens with one attached hydrogen (secondary N) is 2. The van der Waals surface area contributed by atoms with Crippen molar-refractivity contribution in [3.63, 3.8) is 0 Å². The van der Waals surface area contributed by atoms with Crippen molar-refractivity contribution in [1.29, 1.82) is 0 Å². The third-order valence-corrected chi connectivity index (χ3v) is 4.30.